The molecule has 1 rings (SSSR count). The summed E-state index contributed by atoms with van der Waals surface area (Å²) in [4.78, 5) is 11.2. The molecule has 0 aliphatic heterocycles. The molecular formula is C14H20O2. The normalized spacial score (nSPS) is 10.8. The summed E-state index contributed by atoms with van der Waals surface area (Å²) in [7, 11) is 0. The maximum Gasteiger partial charge on any atom is 0.134 e. The molecule has 0 unspecified atom stereocenters. The average molecular weight is 220 g/mol. The number of hydrogen-bond donors (Lipinski definition) is 1. The number of hydrogen-bond acceptors (Lipinski definition) is 2. The fraction of sp³-hybridized carbons (Fsp3) is 0.500. The Kier molecular flexibility index (Phi) is 4.11. The van der Waals surface area contributed by atoms with E-state index in [1.807, 2.05) is 19.1 Å². The Hall–Kier alpha value is -1.31. The van der Waals surface area contributed by atoms with Gasteiger partial charge in [0.25, 0.3) is 0 Å². The molecule has 0 aromatic heterocycles. The zero-order chi connectivity index (χ0) is 12.3. The first kappa shape index (κ1) is 12.8. The largest absolute Gasteiger partial charge is 0.507 e. The summed E-state index contributed by atoms with van der Waals surface area (Å²) < 4.78 is 0. The summed E-state index contributed by atoms with van der Waals surface area (Å²) in [6.07, 6.45) is 1.11. The minimum atomic E-state index is 0.0884. The molecule has 1 aromatic carbocycles. The Bertz CT molecular complexity index is 392. The molecular weight excluding hydrogens is 200 g/mol. The van der Waals surface area contributed by atoms with Gasteiger partial charge in [-0.15, -0.1) is 0 Å². The molecule has 2 heteroatoms. The van der Waals surface area contributed by atoms with Crippen LogP contribution in [-0.2, 0) is 17.6 Å². The summed E-state index contributed by atoms with van der Waals surface area (Å²) in [6.45, 7) is 7.71. The molecule has 0 aliphatic rings. The van der Waals surface area contributed by atoms with E-state index in [1.165, 1.54) is 0 Å². The smallest absolute Gasteiger partial charge is 0.134 e. The molecule has 2 nitrogen and oxygen atoms in total. The van der Waals surface area contributed by atoms with Crippen LogP contribution in [0.4, 0.5) is 0 Å². The van der Waals surface area contributed by atoms with Gasteiger partial charge in [0.05, 0.1) is 0 Å². The highest BCUT2D eigenvalue weighted by Gasteiger charge is 2.15. The molecule has 1 aromatic rings. The number of rotatable bonds is 4. The highest BCUT2D eigenvalue weighted by Crippen LogP contribution is 2.31. The molecule has 0 amide bonds. The summed E-state index contributed by atoms with van der Waals surface area (Å²) >= 11 is 0. The van der Waals surface area contributed by atoms with Crippen LogP contribution in [0.3, 0.4) is 0 Å². The Labute approximate surface area is 97.3 Å². The number of phenolic OH excluding ortho intramolecular Hbond substituents is 1. The SMILES string of the molecule is CCc1ccc(C(C)C)c(CC(C)=O)c1O. The van der Waals surface area contributed by atoms with Gasteiger partial charge < -0.3 is 5.11 Å². The van der Waals surface area contributed by atoms with Crippen LogP contribution < -0.4 is 0 Å². The third-order valence-electron chi connectivity index (χ3n) is 2.83. The lowest BCUT2D eigenvalue weighted by molar-refractivity contribution is -0.116. The standard InChI is InChI=1S/C14H20O2/c1-5-11-6-7-12(9(2)3)13(14(11)16)8-10(4)15/h6-7,9,16H,5,8H2,1-4H3. The molecule has 0 radical (unpaired) electrons. The van der Waals surface area contributed by atoms with Crippen molar-refractivity contribution in [3.8, 4) is 5.75 Å². The molecule has 0 atom stereocenters. The lowest BCUT2D eigenvalue weighted by Crippen LogP contribution is -2.04. The van der Waals surface area contributed by atoms with Crippen molar-refractivity contribution >= 4 is 5.78 Å². The number of carbonyl (C=O) groups excluding carboxylic acids is 1. The second-order valence-corrected chi connectivity index (χ2v) is 4.53. The van der Waals surface area contributed by atoms with Gasteiger partial charge in [0.1, 0.15) is 11.5 Å². The predicted octanol–water partition coefficient (Wildman–Crippen LogP) is 3.21. The molecule has 0 fully saturated rings. The fourth-order valence-electron chi connectivity index (χ4n) is 1.96. The van der Waals surface area contributed by atoms with Crippen LogP contribution in [0.1, 0.15) is 50.3 Å². The number of Topliss-reactive ketones (excluding diaryl/α,β-unsaturated/α-hetero) is 1. The van der Waals surface area contributed by atoms with Gasteiger partial charge in [0.2, 0.25) is 0 Å². The van der Waals surface area contributed by atoms with E-state index in [0.29, 0.717) is 18.1 Å². The van der Waals surface area contributed by atoms with Crippen LogP contribution in [0.2, 0.25) is 0 Å². The van der Waals surface area contributed by atoms with Crippen molar-refractivity contribution in [2.45, 2.75) is 46.5 Å². The molecule has 0 saturated heterocycles. The minimum absolute atomic E-state index is 0.0884. The van der Waals surface area contributed by atoms with E-state index >= 15 is 0 Å². The quantitative estimate of drug-likeness (QED) is 0.846. The summed E-state index contributed by atoms with van der Waals surface area (Å²) in [5.74, 6) is 0.723. The highest BCUT2D eigenvalue weighted by molar-refractivity contribution is 5.79. The van der Waals surface area contributed by atoms with E-state index in [2.05, 4.69) is 13.8 Å². The van der Waals surface area contributed by atoms with Crippen molar-refractivity contribution in [2.24, 2.45) is 0 Å². The van der Waals surface area contributed by atoms with E-state index in [9.17, 15) is 9.90 Å². The van der Waals surface area contributed by atoms with Gasteiger partial charge in [-0.25, -0.2) is 0 Å². The molecule has 88 valence electrons. The van der Waals surface area contributed by atoms with E-state index in [-0.39, 0.29) is 5.78 Å². The maximum absolute atomic E-state index is 11.2. The fourth-order valence-corrected chi connectivity index (χ4v) is 1.96. The minimum Gasteiger partial charge on any atom is -0.507 e. The zero-order valence-corrected chi connectivity index (χ0v) is 10.5. The van der Waals surface area contributed by atoms with Gasteiger partial charge in [-0.05, 0) is 30.4 Å². The average Bonchev–Trinajstić information content (AvgIpc) is 2.19. The Balaban J connectivity index is 3.30. The molecule has 0 aliphatic carbocycles. The van der Waals surface area contributed by atoms with Crippen molar-refractivity contribution in [1.29, 1.82) is 0 Å². The zero-order valence-electron chi connectivity index (χ0n) is 10.5. The van der Waals surface area contributed by atoms with Crippen molar-refractivity contribution in [1.82, 2.24) is 0 Å². The van der Waals surface area contributed by atoms with Gasteiger partial charge in [-0.3, -0.25) is 4.79 Å². The third kappa shape index (κ3) is 2.63. The van der Waals surface area contributed by atoms with E-state index < -0.39 is 0 Å². The number of ketones is 1. The van der Waals surface area contributed by atoms with Crippen molar-refractivity contribution in [3.63, 3.8) is 0 Å². The van der Waals surface area contributed by atoms with Crippen molar-refractivity contribution < 1.29 is 9.90 Å². The van der Waals surface area contributed by atoms with Gasteiger partial charge in [0.15, 0.2) is 0 Å². The molecule has 0 spiro atoms. The second-order valence-electron chi connectivity index (χ2n) is 4.53. The first-order valence-electron chi connectivity index (χ1n) is 5.80. The summed E-state index contributed by atoms with van der Waals surface area (Å²) in [6, 6.07) is 3.98. The van der Waals surface area contributed by atoms with Gasteiger partial charge in [-0.1, -0.05) is 32.9 Å². The van der Waals surface area contributed by atoms with Crippen molar-refractivity contribution in [3.05, 3.63) is 28.8 Å². The van der Waals surface area contributed by atoms with Crippen LogP contribution in [0.15, 0.2) is 12.1 Å². The number of phenols is 1. The van der Waals surface area contributed by atoms with Crippen molar-refractivity contribution in [2.75, 3.05) is 0 Å². The molecule has 0 bridgehead atoms. The number of benzene rings is 1. The Morgan fingerprint density at radius 1 is 1.38 bits per heavy atom. The monoisotopic (exact) mass is 220 g/mol. The van der Waals surface area contributed by atoms with Crippen LogP contribution >= 0.6 is 0 Å². The highest BCUT2D eigenvalue weighted by atomic mass is 16.3. The molecule has 1 N–H and O–H groups in total. The van der Waals surface area contributed by atoms with Crippen LogP contribution in [0.5, 0.6) is 5.75 Å². The van der Waals surface area contributed by atoms with E-state index in [0.717, 1.165) is 23.1 Å². The van der Waals surface area contributed by atoms with Gasteiger partial charge >= 0.3 is 0 Å². The third-order valence-corrected chi connectivity index (χ3v) is 2.83. The summed E-state index contributed by atoms with van der Waals surface area (Å²) in [5, 5.41) is 10.1. The molecule has 0 heterocycles. The topological polar surface area (TPSA) is 37.3 Å². The number of aromatic hydroxyl groups is 1. The van der Waals surface area contributed by atoms with Gasteiger partial charge in [-0.2, -0.15) is 0 Å². The summed E-state index contributed by atoms with van der Waals surface area (Å²) in [5.41, 5.74) is 2.80. The number of aryl methyl sites for hydroxylation is 1. The molecule has 16 heavy (non-hydrogen) atoms. The Morgan fingerprint density at radius 3 is 2.44 bits per heavy atom. The van der Waals surface area contributed by atoms with Gasteiger partial charge in [0, 0.05) is 12.0 Å². The number of carbonyl (C=O) groups is 1. The van der Waals surface area contributed by atoms with E-state index in [4.69, 9.17) is 0 Å². The predicted molar refractivity (Wildman–Crippen MR) is 66.0 cm³/mol. The van der Waals surface area contributed by atoms with E-state index in [1.54, 1.807) is 6.92 Å². The lowest BCUT2D eigenvalue weighted by atomic mass is 9.91. The van der Waals surface area contributed by atoms with Crippen LogP contribution in [0, 0.1) is 0 Å². The first-order valence-corrected chi connectivity index (χ1v) is 5.80. The van der Waals surface area contributed by atoms with Crippen LogP contribution in [-0.4, -0.2) is 10.9 Å². The first-order chi connectivity index (χ1) is 7.47. The second kappa shape index (κ2) is 5.15. The van der Waals surface area contributed by atoms with Crippen LogP contribution in [0.25, 0.3) is 0 Å². The lowest BCUT2D eigenvalue weighted by Gasteiger charge is -2.16. The Morgan fingerprint density at radius 2 is 2.00 bits per heavy atom. The maximum atomic E-state index is 11.2. The molecule has 0 saturated carbocycles.